The molecule has 3 aromatic rings. The third-order valence-corrected chi connectivity index (χ3v) is 4.43. The van der Waals surface area contributed by atoms with Gasteiger partial charge >= 0.3 is 0 Å². The van der Waals surface area contributed by atoms with Gasteiger partial charge in [-0.1, -0.05) is 51.8 Å². The van der Waals surface area contributed by atoms with E-state index in [1.165, 1.54) is 0 Å². The van der Waals surface area contributed by atoms with Crippen molar-refractivity contribution in [3.63, 3.8) is 0 Å². The first kappa shape index (κ1) is 16.5. The third-order valence-electron chi connectivity index (χ3n) is 3.65. The van der Waals surface area contributed by atoms with Gasteiger partial charge in [-0.25, -0.2) is 0 Å². The largest absolute Gasteiger partial charge is 0.494 e. The number of nitrogens with one attached hydrogen (secondary N) is 2. The Hall–Kier alpha value is -2.37. The number of carbonyl (C=O) groups is 1. The van der Waals surface area contributed by atoms with Crippen LogP contribution in [0.2, 0.25) is 5.02 Å². The van der Waals surface area contributed by atoms with Crippen molar-refractivity contribution in [3.8, 4) is 17.1 Å². The number of hydrogen-bond acceptors (Lipinski definition) is 3. The van der Waals surface area contributed by atoms with E-state index in [9.17, 15) is 9.90 Å². The number of H-pyrrole nitrogens is 1. The van der Waals surface area contributed by atoms with Gasteiger partial charge in [0.15, 0.2) is 12.2 Å². The molecule has 1 heterocycles. The molecule has 0 spiro atoms. The van der Waals surface area contributed by atoms with Crippen LogP contribution in [0.3, 0.4) is 0 Å². The predicted octanol–water partition coefficient (Wildman–Crippen LogP) is 5.03. The molecular weight excluding hydrogens is 392 g/mol. The van der Waals surface area contributed by atoms with E-state index in [0.29, 0.717) is 22.6 Å². The van der Waals surface area contributed by atoms with Gasteiger partial charge in [0.2, 0.25) is 0 Å². The van der Waals surface area contributed by atoms with Crippen LogP contribution >= 0.6 is 27.5 Å². The topological polar surface area (TPSA) is 76.9 Å². The van der Waals surface area contributed by atoms with Crippen molar-refractivity contribution in [3.05, 3.63) is 74.7 Å². The van der Waals surface area contributed by atoms with Crippen molar-refractivity contribution in [1.29, 1.82) is 5.41 Å². The molecule has 0 aliphatic rings. The Balaban J connectivity index is 2.12. The number of aromatic hydroxyl groups is 1. The molecule has 0 bridgehead atoms. The van der Waals surface area contributed by atoms with Crippen LogP contribution in [0, 0.1) is 5.41 Å². The van der Waals surface area contributed by atoms with Gasteiger partial charge in [0.25, 0.3) is 0 Å². The SMILES string of the molecule is N=C(c1ccc(Cl)cc1)c1c(O)[nH]c(-c2ccc(Br)cc2)c1C=O. The van der Waals surface area contributed by atoms with Gasteiger partial charge in [0.05, 0.1) is 22.5 Å². The predicted molar refractivity (Wildman–Crippen MR) is 98.4 cm³/mol. The second-order valence-corrected chi connectivity index (χ2v) is 6.50. The quantitative estimate of drug-likeness (QED) is 0.422. The molecule has 0 radical (unpaired) electrons. The van der Waals surface area contributed by atoms with Gasteiger partial charge in [-0.05, 0) is 29.8 Å². The first-order chi connectivity index (χ1) is 11.5. The average Bonchev–Trinajstić information content (AvgIpc) is 2.92. The van der Waals surface area contributed by atoms with Gasteiger partial charge in [0.1, 0.15) is 0 Å². The number of aromatic nitrogens is 1. The number of hydrogen-bond donors (Lipinski definition) is 3. The summed E-state index contributed by atoms with van der Waals surface area (Å²) < 4.78 is 0.906. The highest BCUT2D eigenvalue weighted by molar-refractivity contribution is 9.10. The van der Waals surface area contributed by atoms with E-state index in [1.54, 1.807) is 24.3 Å². The lowest BCUT2D eigenvalue weighted by Gasteiger charge is -2.05. The van der Waals surface area contributed by atoms with Crippen molar-refractivity contribution in [2.45, 2.75) is 0 Å². The smallest absolute Gasteiger partial charge is 0.199 e. The lowest BCUT2D eigenvalue weighted by Crippen LogP contribution is -2.03. The minimum atomic E-state index is -0.213. The number of aromatic amines is 1. The normalized spacial score (nSPS) is 10.6. The molecule has 6 heteroatoms. The highest BCUT2D eigenvalue weighted by Crippen LogP contribution is 2.33. The fourth-order valence-electron chi connectivity index (χ4n) is 2.48. The maximum Gasteiger partial charge on any atom is 0.199 e. The van der Waals surface area contributed by atoms with E-state index in [4.69, 9.17) is 17.0 Å². The Morgan fingerprint density at radius 2 is 1.75 bits per heavy atom. The monoisotopic (exact) mass is 402 g/mol. The van der Waals surface area contributed by atoms with E-state index in [2.05, 4.69) is 20.9 Å². The maximum absolute atomic E-state index is 11.6. The first-order valence-corrected chi connectivity index (χ1v) is 8.19. The first-order valence-electron chi connectivity index (χ1n) is 7.02. The summed E-state index contributed by atoms with van der Waals surface area (Å²) in [5, 5.41) is 19.2. The van der Waals surface area contributed by atoms with Crippen LogP contribution in [0.5, 0.6) is 5.88 Å². The van der Waals surface area contributed by atoms with Gasteiger partial charge in [-0.2, -0.15) is 0 Å². The molecule has 2 aromatic carbocycles. The minimum absolute atomic E-state index is 0.0471. The van der Waals surface area contributed by atoms with Crippen LogP contribution in [0.4, 0.5) is 0 Å². The molecule has 0 fully saturated rings. The molecular formula is C18H12BrClN2O2. The van der Waals surface area contributed by atoms with E-state index in [0.717, 1.165) is 10.0 Å². The average molecular weight is 404 g/mol. The molecule has 0 amide bonds. The number of aldehydes is 1. The molecule has 3 N–H and O–H groups in total. The fraction of sp³-hybridized carbons (Fsp3) is 0. The Morgan fingerprint density at radius 1 is 1.12 bits per heavy atom. The summed E-state index contributed by atoms with van der Waals surface area (Å²) in [7, 11) is 0. The summed E-state index contributed by atoms with van der Waals surface area (Å²) in [5.74, 6) is -0.213. The van der Waals surface area contributed by atoms with E-state index < -0.39 is 0 Å². The van der Waals surface area contributed by atoms with Crippen molar-refractivity contribution in [2.24, 2.45) is 0 Å². The molecule has 0 aliphatic carbocycles. The fourth-order valence-corrected chi connectivity index (χ4v) is 2.87. The Morgan fingerprint density at radius 3 is 2.33 bits per heavy atom. The van der Waals surface area contributed by atoms with Crippen molar-refractivity contribution in [2.75, 3.05) is 0 Å². The Labute approximate surface area is 151 Å². The van der Waals surface area contributed by atoms with Crippen molar-refractivity contribution in [1.82, 2.24) is 4.98 Å². The summed E-state index contributed by atoms with van der Waals surface area (Å²) in [6, 6.07) is 14.0. The molecule has 1 aromatic heterocycles. The Bertz CT molecular complexity index is 915. The molecule has 0 atom stereocenters. The Kier molecular flexibility index (Phi) is 4.55. The molecule has 3 rings (SSSR count). The van der Waals surface area contributed by atoms with Gasteiger partial charge < -0.3 is 10.1 Å². The second-order valence-electron chi connectivity index (χ2n) is 5.14. The van der Waals surface area contributed by atoms with Crippen molar-refractivity contribution < 1.29 is 9.90 Å². The van der Waals surface area contributed by atoms with Crippen LogP contribution in [0.1, 0.15) is 21.5 Å². The van der Waals surface area contributed by atoms with Crippen LogP contribution in [0.25, 0.3) is 11.3 Å². The number of halogens is 2. The maximum atomic E-state index is 11.6. The lowest BCUT2D eigenvalue weighted by atomic mass is 9.98. The second kappa shape index (κ2) is 6.63. The standard InChI is InChI=1S/C18H12BrClN2O2/c19-12-5-1-11(2-6-12)17-14(9-23)15(18(24)22-17)16(21)10-3-7-13(20)8-4-10/h1-9,21-22,24H. The summed E-state index contributed by atoms with van der Waals surface area (Å²) in [6.45, 7) is 0. The molecule has 120 valence electrons. The minimum Gasteiger partial charge on any atom is -0.494 e. The van der Waals surface area contributed by atoms with Gasteiger partial charge in [0, 0.05) is 15.1 Å². The van der Waals surface area contributed by atoms with Crippen LogP contribution in [-0.2, 0) is 0 Å². The number of rotatable bonds is 4. The summed E-state index contributed by atoms with van der Waals surface area (Å²) in [6.07, 6.45) is 0.646. The zero-order chi connectivity index (χ0) is 17.3. The number of carbonyl (C=O) groups excluding carboxylic acids is 1. The summed E-state index contributed by atoms with van der Waals surface area (Å²) >= 11 is 9.22. The third kappa shape index (κ3) is 3.00. The van der Waals surface area contributed by atoms with Crippen LogP contribution < -0.4 is 0 Å². The van der Waals surface area contributed by atoms with Crippen molar-refractivity contribution >= 4 is 39.5 Å². The number of benzene rings is 2. The zero-order valence-electron chi connectivity index (χ0n) is 12.3. The molecule has 0 saturated carbocycles. The lowest BCUT2D eigenvalue weighted by molar-refractivity contribution is 0.112. The van der Waals surface area contributed by atoms with E-state index >= 15 is 0 Å². The van der Waals surface area contributed by atoms with E-state index in [1.807, 2.05) is 24.3 Å². The van der Waals surface area contributed by atoms with Gasteiger partial charge in [-0.3, -0.25) is 10.2 Å². The molecule has 0 unspecified atom stereocenters. The van der Waals surface area contributed by atoms with E-state index in [-0.39, 0.29) is 22.7 Å². The summed E-state index contributed by atoms with van der Waals surface area (Å²) in [4.78, 5) is 14.4. The molecule has 24 heavy (non-hydrogen) atoms. The highest BCUT2D eigenvalue weighted by atomic mass is 79.9. The zero-order valence-corrected chi connectivity index (χ0v) is 14.6. The molecule has 4 nitrogen and oxygen atoms in total. The van der Waals surface area contributed by atoms with Crippen LogP contribution in [0.15, 0.2) is 53.0 Å². The summed E-state index contributed by atoms with van der Waals surface area (Å²) in [5.41, 5.74) is 2.24. The van der Waals surface area contributed by atoms with Gasteiger partial charge in [-0.15, -0.1) is 0 Å². The molecule has 0 saturated heterocycles. The molecule has 0 aliphatic heterocycles. The highest BCUT2D eigenvalue weighted by Gasteiger charge is 2.22. The van der Waals surface area contributed by atoms with Crippen LogP contribution in [-0.4, -0.2) is 22.1 Å².